The maximum atomic E-state index is 11.3. The molecule has 0 aliphatic rings. The molecule has 2 unspecified atom stereocenters. The molecule has 2 N–H and O–H groups in total. The lowest BCUT2D eigenvalue weighted by Gasteiger charge is -2.18. The van der Waals surface area contributed by atoms with Crippen LogP contribution in [0.25, 0.3) is 0 Å². The molecule has 0 aliphatic heterocycles. The first kappa shape index (κ1) is 13.5. The smallest absolute Gasteiger partial charge is 0.346 e. The number of hydrogen-bond donors (Lipinski definition) is 1. The third-order valence-electron chi connectivity index (χ3n) is 2.60. The molecule has 0 radical (unpaired) electrons. The Morgan fingerprint density at radius 3 is 2.65 bits per heavy atom. The highest BCUT2D eigenvalue weighted by atomic mass is 16.6. The molecular weight excluding hydrogens is 218 g/mol. The minimum absolute atomic E-state index is 0.0870. The van der Waals surface area contributed by atoms with Gasteiger partial charge in [0.05, 0.1) is 7.11 Å². The van der Waals surface area contributed by atoms with Crippen LogP contribution in [0.15, 0.2) is 24.3 Å². The minimum Gasteiger partial charge on any atom is -0.479 e. The molecule has 0 aromatic heterocycles. The van der Waals surface area contributed by atoms with Crippen molar-refractivity contribution in [1.29, 1.82) is 0 Å². The number of para-hydroxylation sites is 1. The van der Waals surface area contributed by atoms with Gasteiger partial charge in [-0.2, -0.15) is 0 Å². The van der Waals surface area contributed by atoms with Crippen LogP contribution in [-0.2, 0) is 9.53 Å². The molecule has 2 atom stereocenters. The summed E-state index contributed by atoms with van der Waals surface area (Å²) in [6, 6.07) is 7.39. The Kier molecular flexibility index (Phi) is 4.97. The van der Waals surface area contributed by atoms with Crippen molar-refractivity contribution in [3.8, 4) is 5.75 Å². The Hall–Kier alpha value is -1.55. The van der Waals surface area contributed by atoms with Crippen molar-refractivity contribution in [2.75, 3.05) is 7.11 Å². The van der Waals surface area contributed by atoms with Gasteiger partial charge in [0.15, 0.2) is 6.10 Å². The van der Waals surface area contributed by atoms with Crippen LogP contribution in [0.5, 0.6) is 5.75 Å². The van der Waals surface area contributed by atoms with Gasteiger partial charge in [-0.1, -0.05) is 25.1 Å². The summed E-state index contributed by atoms with van der Waals surface area (Å²) >= 11 is 0. The number of hydrogen-bond acceptors (Lipinski definition) is 4. The number of methoxy groups -OCH3 is 1. The average molecular weight is 237 g/mol. The number of benzene rings is 1. The molecule has 94 valence electrons. The van der Waals surface area contributed by atoms with Crippen LogP contribution in [0, 0.1) is 0 Å². The van der Waals surface area contributed by atoms with Crippen molar-refractivity contribution >= 4 is 5.97 Å². The molecule has 0 amide bonds. The monoisotopic (exact) mass is 237 g/mol. The third kappa shape index (κ3) is 3.46. The van der Waals surface area contributed by atoms with Gasteiger partial charge in [-0.15, -0.1) is 0 Å². The molecule has 0 bridgehead atoms. The summed E-state index contributed by atoms with van der Waals surface area (Å²) in [4.78, 5) is 11.3. The van der Waals surface area contributed by atoms with E-state index in [1.54, 1.807) is 6.92 Å². The topological polar surface area (TPSA) is 61.5 Å². The third-order valence-corrected chi connectivity index (χ3v) is 2.60. The van der Waals surface area contributed by atoms with E-state index in [-0.39, 0.29) is 6.04 Å². The summed E-state index contributed by atoms with van der Waals surface area (Å²) in [6.07, 6.45) is 0.178. The van der Waals surface area contributed by atoms with E-state index in [2.05, 4.69) is 4.74 Å². The van der Waals surface area contributed by atoms with Crippen LogP contribution in [0.1, 0.15) is 31.9 Å². The molecule has 0 fully saturated rings. The molecule has 0 aliphatic carbocycles. The predicted octanol–water partition coefficient (Wildman–Crippen LogP) is 2.04. The maximum Gasteiger partial charge on any atom is 0.346 e. The Bertz CT molecular complexity index is 379. The number of rotatable bonds is 5. The minimum atomic E-state index is -0.634. The zero-order valence-corrected chi connectivity index (χ0v) is 10.5. The van der Waals surface area contributed by atoms with E-state index in [0.29, 0.717) is 5.75 Å². The number of carbonyl (C=O) groups excluding carboxylic acids is 1. The fraction of sp³-hybridized carbons (Fsp3) is 0.462. The fourth-order valence-electron chi connectivity index (χ4n) is 1.52. The van der Waals surface area contributed by atoms with E-state index in [1.165, 1.54) is 7.11 Å². The van der Waals surface area contributed by atoms with Crippen LogP contribution in [0.3, 0.4) is 0 Å². The molecule has 0 saturated carbocycles. The van der Waals surface area contributed by atoms with Crippen LogP contribution < -0.4 is 10.5 Å². The highest BCUT2D eigenvalue weighted by Crippen LogP contribution is 2.26. The standard InChI is InChI=1S/C13H19NO3/c1-4-11(14)10-7-5-6-8-12(10)17-9(2)13(15)16-3/h5-9,11H,4,14H2,1-3H3. The quantitative estimate of drug-likeness (QED) is 0.796. The normalized spacial score (nSPS) is 13.9. The zero-order chi connectivity index (χ0) is 12.8. The number of ether oxygens (including phenoxy) is 2. The number of nitrogens with two attached hydrogens (primary N) is 1. The second kappa shape index (κ2) is 6.25. The van der Waals surface area contributed by atoms with Gasteiger partial charge in [0, 0.05) is 11.6 Å². The average Bonchev–Trinajstić information content (AvgIpc) is 2.37. The maximum absolute atomic E-state index is 11.3. The summed E-state index contributed by atoms with van der Waals surface area (Å²) in [5.41, 5.74) is 6.89. The number of esters is 1. The molecule has 0 saturated heterocycles. The Morgan fingerprint density at radius 1 is 1.41 bits per heavy atom. The molecule has 4 heteroatoms. The Labute approximate surface area is 102 Å². The summed E-state index contributed by atoms with van der Waals surface area (Å²) in [7, 11) is 1.34. The van der Waals surface area contributed by atoms with Gasteiger partial charge >= 0.3 is 5.97 Å². The lowest BCUT2D eigenvalue weighted by molar-refractivity contribution is -0.147. The van der Waals surface area contributed by atoms with Gasteiger partial charge in [-0.05, 0) is 19.4 Å². The van der Waals surface area contributed by atoms with Gasteiger partial charge in [-0.25, -0.2) is 4.79 Å². The highest BCUT2D eigenvalue weighted by Gasteiger charge is 2.17. The molecular formula is C13H19NO3. The lowest BCUT2D eigenvalue weighted by atomic mass is 10.0. The lowest BCUT2D eigenvalue weighted by Crippen LogP contribution is -2.26. The van der Waals surface area contributed by atoms with Crippen LogP contribution in [-0.4, -0.2) is 19.2 Å². The van der Waals surface area contributed by atoms with Crippen LogP contribution in [0.2, 0.25) is 0 Å². The molecule has 4 nitrogen and oxygen atoms in total. The van der Waals surface area contributed by atoms with Crippen molar-refractivity contribution < 1.29 is 14.3 Å². The van der Waals surface area contributed by atoms with Gasteiger partial charge in [-0.3, -0.25) is 0 Å². The van der Waals surface area contributed by atoms with Gasteiger partial charge in [0.2, 0.25) is 0 Å². The number of carbonyl (C=O) groups is 1. The van der Waals surface area contributed by atoms with Crippen molar-refractivity contribution in [3.05, 3.63) is 29.8 Å². The van der Waals surface area contributed by atoms with Gasteiger partial charge < -0.3 is 15.2 Å². The van der Waals surface area contributed by atoms with Crippen molar-refractivity contribution in [2.24, 2.45) is 5.73 Å². The van der Waals surface area contributed by atoms with Crippen LogP contribution in [0.4, 0.5) is 0 Å². The Morgan fingerprint density at radius 2 is 2.06 bits per heavy atom. The second-order valence-electron chi connectivity index (χ2n) is 3.84. The van der Waals surface area contributed by atoms with E-state index in [4.69, 9.17) is 10.5 Å². The van der Waals surface area contributed by atoms with E-state index in [0.717, 1.165) is 12.0 Å². The van der Waals surface area contributed by atoms with Gasteiger partial charge in [0.1, 0.15) is 5.75 Å². The first-order valence-electron chi connectivity index (χ1n) is 5.69. The summed E-state index contributed by atoms with van der Waals surface area (Å²) in [5, 5.41) is 0. The largest absolute Gasteiger partial charge is 0.479 e. The first-order chi connectivity index (χ1) is 8.10. The van der Waals surface area contributed by atoms with Crippen molar-refractivity contribution in [2.45, 2.75) is 32.4 Å². The van der Waals surface area contributed by atoms with Crippen LogP contribution >= 0.6 is 0 Å². The fourth-order valence-corrected chi connectivity index (χ4v) is 1.52. The first-order valence-corrected chi connectivity index (χ1v) is 5.69. The molecule has 1 rings (SSSR count). The molecule has 0 spiro atoms. The summed E-state index contributed by atoms with van der Waals surface area (Å²) in [6.45, 7) is 3.66. The Balaban J connectivity index is 2.87. The summed E-state index contributed by atoms with van der Waals surface area (Å²) in [5.74, 6) is 0.240. The van der Waals surface area contributed by atoms with E-state index < -0.39 is 12.1 Å². The van der Waals surface area contributed by atoms with E-state index >= 15 is 0 Å². The van der Waals surface area contributed by atoms with E-state index in [1.807, 2.05) is 31.2 Å². The van der Waals surface area contributed by atoms with Gasteiger partial charge in [0.25, 0.3) is 0 Å². The second-order valence-corrected chi connectivity index (χ2v) is 3.84. The molecule has 0 heterocycles. The van der Waals surface area contributed by atoms with Crippen molar-refractivity contribution in [1.82, 2.24) is 0 Å². The molecule has 1 aromatic rings. The summed E-state index contributed by atoms with van der Waals surface area (Å²) < 4.78 is 10.2. The van der Waals surface area contributed by atoms with E-state index in [9.17, 15) is 4.79 Å². The highest BCUT2D eigenvalue weighted by molar-refractivity contribution is 5.74. The zero-order valence-electron chi connectivity index (χ0n) is 10.5. The molecule has 17 heavy (non-hydrogen) atoms. The SMILES string of the molecule is CCC(N)c1ccccc1OC(C)C(=O)OC. The molecule has 1 aromatic carbocycles. The van der Waals surface area contributed by atoms with Crippen molar-refractivity contribution in [3.63, 3.8) is 0 Å². The predicted molar refractivity (Wildman–Crippen MR) is 65.8 cm³/mol.